The number of amides is 2. The van der Waals surface area contributed by atoms with Gasteiger partial charge in [-0.25, -0.2) is 4.79 Å². The van der Waals surface area contributed by atoms with Gasteiger partial charge in [-0.2, -0.15) is 0 Å². The average Bonchev–Trinajstić information content (AvgIpc) is 2.04. The second kappa shape index (κ2) is 2.73. The van der Waals surface area contributed by atoms with Crippen LogP contribution in [0.2, 0.25) is 0 Å². The van der Waals surface area contributed by atoms with Crippen molar-refractivity contribution < 1.29 is 4.79 Å². The van der Waals surface area contributed by atoms with E-state index in [2.05, 4.69) is 11.9 Å². The highest BCUT2D eigenvalue weighted by Crippen LogP contribution is 2.09. The number of nitrogens with zero attached hydrogens (tertiary/aromatic N) is 1. The molecule has 0 aromatic heterocycles. The Morgan fingerprint density at radius 2 is 2.40 bits per heavy atom. The summed E-state index contributed by atoms with van der Waals surface area (Å²) in [5.41, 5.74) is 0.898. The van der Waals surface area contributed by atoms with Gasteiger partial charge in [0, 0.05) is 19.3 Å². The van der Waals surface area contributed by atoms with E-state index < -0.39 is 0 Å². The summed E-state index contributed by atoms with van der Waals surface area (Å²) >= 11 is 0. The Labute approximate surface area is 60.7 Å². The van der Waals surface area contributed by atoms with Gasteiger partial charge in [-0.05, 0) is 12.8 Å². The first-order valence-electron chi connectivity index (χ1n) is 3.41. The van der Waals surface area contributed by atoms with E-state index in [1.54, 1.807) is 11.9 Å². The Kier molecular flexibility index (Phi) is 1.94. The Morgan fingerprint density at radius 1 is 1.70 bits per heavy atom. The van der Waals surface area contributed by atoms with E-state index in [0.717, 1.165) is 25.1 Å². The maximum Gasteiger partial charge on any atom is 0.321 e. The minimum Gasteiger partial charge on any atom is -0.338 e. The fraction of sp³-hybridized carbons (Fsp3) is 0.571. The SMILES string of the molecule is C=C1CCCNC(=O)N1C. The number of nitrogens with one attached hydrogen (secondary N) is 1. The summed E-state index contributed by atoms with van der Waals surface area (Å²) in [5.74, 6) is 0. The Morgan fingerprint density at radius 3 is 3.10 bits per heavy atom. The molecule has 0 aromatic carbocycles. The summed E-state index contributed by atoms with van der Waals surface area (Å²) < 4.78 is 0. The fourth-order valence-corrected chi connectivity index (χ4v) is 0.918. The van der Waals surface area contributed by atoms with Crippen molar-refractivity contribution in [3.05, 3.63) is 12.3 Å². The third kappa shape index (κ3) is 1.29. The molecular formula is C7H12N2O. The lowest BCUT2D eigenvalue weighted by Gasteiger charge is -2.15. The summed E-state index contributed by atoms with van der Waals surface area (Å²) in [4.78, 5) is 12.5. The molecule has 3 nitrogen and oxygen atoms in total. The first-order valence-corrected chi connectivity index (χ1v) is 3.41. The molecule has 1 saturated heterocycles. The molecule has 0 unspecified atom stereocenters. The molecule has 1 aliphatic heterocycles. The third-order valence-electron chi connectivity index (χ3n) is 1.70. The molecule has 1 aliphatic rings. The number of hydrogen-bond acceptors (Lipinski definition) is 1. The minimum atomic E-state index is -0.0394. The van der Waals surface area contributed by atoms with Crippen molar-refractivity contribution in [2.24, 2.45) is 0 Å². The van der Waals surface area contributed by atoms with Crippen LogP contribution in [0.1, 0.15) is 12.8 Å². The first-order chi connectivity index (χ1) is 4.72. The van der Waals surface area contributed by atoms with Crippen LogP contribution in [0.4, 0.5) is 4.79 Å². The van der Waals surface area contributed by atoms with Crippen LogP contribution in [0.5, 0.6) is 0 Å². The lowest BCUT2D eigenvalue weighted by Crippen LogP contribution is -2.33. The lowest BCUT2D eigenvalue weighted by atomic mass is 10.2. The minimum absolute atomic E-state index is 0.0394. The molecule has 0 aromatic rings. The van der Waals surface area contributed by atoms with E-state index in [9.17, 15) is 4.79 Å². The van der Waals surface area contributed by atoms with Crippen molar-refractivity contribution in [1.29, 1.82) is 0 Å². The Bertz CT molecular complexity index is 147. The van der Waals surface area contributed by atoms with Gasteiger partial charge in [-0.1, -0.05) is 6.58 Å². The standard InChI is InChI=1S/C7H12N2O/c1-6-4-3-5-8-7(10)9(6)2/h1,3-5H2,2H3,(H,8,10). The molecule has 10 heavy (non-hydrogen) atoms. The second-order valence-electron chi connectivity index (χ2n) is 2.46. The summed E-state index contributed by atoms with van der Waals surface area (Å²) in [6, 6.07) is -0.0394. The van der Waals surface area contributed by atoms with E-state index in [4.69, 9.17) is 0 Å². The lowest BCUT2D eigenvalue weighted by molar-refractivity contribution is 0.221. The monoisotopic (exact) mass is 140 g/mol. The largest absolute Gasteiger partial charge is 0.338 e. The highest BCUT2D eigenvalue weighted by atomic mass is 16.2. The number of carbonyl (C=O) groups excluding carboxylic acids is 1. The average molecular weight is 140 g/mol. The van der Waals surface area contributed by atoms with Crippen LogP contribution in [0, 0.1) is 0 Å². The van der Waals surface area contributed by atoms with E-state index in [-0.39, 0.29) is 6.03 Å². The van der Waals surface area contributed by atoms with Crippen LogP contribution in [0.3, 0.4) is 0 Å². The molecule has 3 heteroatoms. The van der Waals surface area contributed by atoms with Gasteiger partial charge in [-0.15, -0.1) is 0 Å². The number of carbonyl (C=O) groups is 1. The van der Waals surface area contributed by atoms with Crippen LogP contribution in [0.25, 0.3) is 0 Å². The predicted molar refractivity (Wildman–Crippen MR) is 39.5 cm³/mol. The zero-order valence-corrected chi connectivity index (χ0v) is 6.18. The van der Waals surface area contributed by atoms with Crippen molar-refractivity contribution >= 4 is 6.03 Å². The van der Waals surface area contributed by atoms with E-state index in [1.807, 2.05) is 0 Å². The zero-order chi connectivity index (χ0) is 7.56. The van der Waals surface area contributed by atoms with Gasteiger partial charge in [0.2, 0.25) is 0 Å². The highest BCUT2D eigenvalue weighted by Gasteiger charge is 2.13. The zero-order valence-electron chi connectivity index (χ0n) is 6.18. The Hall–Kier alpha value is -0.990. The Balaban J connectivity index is 2.64. The highest BCUT2D eigenvalue weighted by molar-refractivity contribution is 5.75. The topological polar surface area (TPSA) is 32.3 Å². The molecule has 0 spiro atoms. The van der Waals surface area contributed by atoms with Crippen molar-refractivity contribution in [3.63, 3.8) is 0 Å². The van der Waals surface area contributed by atoms with Crippen molar-refractivity contribution in [2.75, 3.05) is 13.6 Å². The van der Waals surface area contributed by atoms with E-state index in [1.165, 1.54) is 0 Å². The quantitative estimate of drug-likeness (QED) is 0.533. The molecule has 0 radical (unpaired) electrons. The van der Waals surface area contributed by atoms with Crippen molar-refractivity contribution in [3.8, 4) is 0 Å². The van der Waals surface area contributed by atoms with Crippen LogP contribution in [-0.2, 0) is 0 Å². The second-order valence-corrected chi connectivity index (χ2v) is 2.46. The molecule has 1 rings (SSSR count). The summed E-state index contributed by atoms with van der Waals surface area (Å²) in [6.07, 6.45) is 1.91. The smallest absolute Gasteiger partial charge is 0.321 e. The van der Waals surface area contributed by atoms with Gasteiger partial charge in [0.05, 0.1) is 0 Å². The molecule has 56 valence electrons. The summed E-state index contributed by atoms with van der Waals surface area (Å²) in [6.45, 7) is 4.54. The van der Waals surface area contributed by atoms with Crippen molar-refractivity contribution in [1.82, 2.24) is 10.2 Å². The number of allylic oxidation sites excluding steroid dienone is 1. The summed E-state index contributed by atoms with van der Waals surface area (Å²) in [7, 11) is 1.74. The number of urea groups is 1. The van der Waals surface area contributed by atoms with Gasteiger partial charge in [0.15, 0.2) is 0 Å². The van der Waals surface area contributed by atoms with Gasteiger partial charge < -0.3 is 10.2 Å². The van der Waals surface area contributed by atoms with Crippen LogP contribution >= 0.6 is 0 Å². The third-order valence-corrected chi connectivity index (χ3v) is 1.70. The van der Waals surface area contributed by atoms with Crippen LogP contribution in [0.15, 0.2) is 12.3 Å². The molecule has 0 atom stereocenters. The van der Waals surface area contributed by atoms with Crippen molar-refractivity contribution in [2.45, 2.75) is 12.8 Å². The maximum atomic E-state index is 11.0. The molecule has 0 bridgehead atoms. The van der Waals surface area contributed by atoms with Gasteiger partial charge >= 0.3 is 6.03 Å². The summed E-state index contributed by atoms with van der Waals surface area (Å²) in [5, 5.41) is 2.75. The number of rotatable bonds is 0. The predicted octanol–water partition coefficient (Wildman–Crippen LogP) is 0.935. The molecule has 1 fully saturated rings. The molecular weight excluding hydrogens is 128 g/mol. The van der Waals surface area contributed by atoms with E-state index in [0.29, 0.717) is 0 Å². The van der Waals surface area contributed by atoms with Gasteiger partial charge in [0.1, 0.15) is 0 Å². The van der Waals surface area contributed by atoms with Crippen LogP contribution < -0.4 is 5.32 Å². The van der Waals surface area contributed by atoms with Gasteiger partial charge in [-0.3, -0.25) is 0 Å². The molecule has 0 aliphatic carbocycles. The normalized spacial score (nSPS) is 20.3. The van der Waals surface area contributed by atoms with Crippen LogP contribution in [-0.4, -0.2) is 24.5 Å². The fourth-order valence-electron chi connectivity index (χ4n) is 0.918. The molecule has 1 N–H and O–H groups in total. The van der Waals surface area contributed by atoms with E-state index >= 15 is 0 Å². The van der Waals surface area contributed by atoms with Gasteiger partial charge in [0.25, 0.3) is 0 Å². The number of hydrogen-bond donors (Lipinski definition) is 1. The maximum absolute atomic E-state index is 11.0. The molecule has 2 amide bonds. The molecule has 0 saturated carbocycles. The molecule has 1 heterocycles. The first kappa shape index (κ1) is 7.12.